The summed E-state index contributed by atoms with van der Waals surface area (Å²) in [5.74, 6) is 0. The third-order valence-electron chi connectivity index (χ3n) is 4.12. The first-order valence-corrected chi connectivity index (χ1v) is 15.9. The van der Waals surface area contributed by atoms with E-state index in [1.165, 1.54) is 0 Å². The van der Waals surface area contributed by atoms with Crippen molar-refractivity contribution in [1.82, 2.24) is 0 Å². The first-order chi connectivity index (χ1) is 13.0. The summed E-state index contributed by atoms with van der Waals surface area (Å²) < 4.78 is 14.7. The van der Waals surface area contributed by atoms with Crippen LogP contribution in [-0.4, -0.2) is 29.8 Å². The Bertz CT molecular complexity index is 838. The predicted octanol–water partition coefficient (Wildman–Crippen LogP) is 1.52. The molecule has 9 heteroatoms. The molecule has 0 radical (unpaired) electrons. The van der Waals surface area contributed by atoms with Crippen molar-refractivity contribution in [2.75, 3.05) is 0 Å². The van der Waals surface area contributed by atoms with E-state index in [9.17, 15) is 4.91 Å². The van der Waals surface area contributed by atoms with E-state index >= 15 is 0 Å². The molecule has 0 spiro atoms. The van der Waals surface area contributed by atoms with E-state index in [0.29, 0.717) is 0 Å². The zero-order valence-electron chi connectivity index (χ0n) is 14.0. The molecule has 27 heavy (non-hydrogen) atoms. The van der Waals surface area contributed by atoms with Gasteiger partial charge in [-0.1, -0.05) is 0 Å². The van der Waals surface area contributed by atoms with Crippen LogP contribution in [0.15, 0.2) is 91.0 Å². The molecule has 0 amide bonds. The maximum atomic E-state index is 11.8. The van der Waals surface area contributed by atoms with Gasteiger partial charge in [0.25, 0.3) is 0 Å². The van der Waals surface area contributed by atoms with Gasteiger partial charge in [0.05, 0.1) is 5.09 Å². The predicted molar refractivity (Wildman–Crippen MR) is 100 cm³/mol. The number of hydrogen-bond acceptors (Lipinski definition) is 6. The van der Waals surface area contributed by atoms with Gasteiger partial charge in [0.1, 0.15) is 0 Å². The summed E-state index contributed by atoms with van der Waals surface area (Å²) in [4.78, 5) is 20.0. The van der Waals surface area contributed by atoms with E-state index in [-0.39, 0.29) is 5.09 Å². The normalized spacial score (nSPS) is 17.3. The Morgan fingerprint density at radius 3 is 1.15 bits per heavy atom. The van der Waals surface area contributed by atoms with Crippen molar-refractivity contribution >= 4 is 29.5 Å². The molecule has 1 aliphatic rings. The molecule has 4 rings (SSSR count). The van der Waals surface area contributed by atoms with Crippen LogP contribution in [0.3, 0.4) is 0 Å². The summed E-state index contributed by atoms with van der Waals surface area (Å²) in [5.41, 5.74) is 0. The van der Waals surface area contributed by atoms with Crippen molar-refractivity contribution in [1.29, 1.82) is 0 Å². The average molecular weight is 564 g/mol. The molecule has 0 atom stereocenters. The van der Waals surface area contributed by atoms with Crippen molar-refractivity contribution < 1.29 is 16.0 Å². The third-order valence-corrected chi connectivity index (χ3v) is 22.0. The number of hydrogen-bond donors (Lipinski definition) is 0. The van der Waals surface area contributed by atoms with Crippen LogP contribution in [0.25, 0.3) is 0 Å². The molecule has 3 aromatic carbocycles. The summed E-state index contributed by atoms with van der Waals surface area (Å²) in [6, 6.07) is 29.4. The fourth-order valence-electron chi connectivity index (χ4n) is 3.09. The molecule has 3 aromatic rings. The van der Waals surface area contributed by atoms with Crippen molar-refractivity contribution in [3.63, 3.8) is 0 Å². The van der Waals surface area contributed by atoms with Crippen LogP contribution in [0.4, 0.5) is 0 Å². The molecule has 8 nitrogen and oxygen atoms in total. The molecule has 1 saturated heterocycles. The Balaban J connectivity index is 0.000000481. The standard InChI is InChI=1S/3C6H5.Bi.2NO3/c3*1-2-4-6-5-3-1;;2*2-1(3)4/h3*1-5H;;;/q;;;+2;2*-1. The van der Waals surface area contributed by atoms with Gasteiger partial charge in [0.2, 0.25) is 0 Å². The van der Waals surface area contributed by atoms with Crippen molar-refractivity contribution in [2.24, 2.45) is 0 Å². The fourth-order valence-corrected chi connectivity index (χ4v) is 19.1. The first-order valence-electron chi connectivity index (χ1n) is 7.86. The third kappa shape index (κ3) is 3.10. The SMILES string of the molecule is O=[N+]([O-])[O-].O=[N+]1[O][Bi]([c]2ccccc2)([c]2ccccc2)([c]2ccccc2)[O]1. The van der Waals surface area contributed by atoms with E-state index in [2.05, 4.69) is 0 Å². The van der Waals surface area contributed by atoms with Crippen molar-refractivity contribution in [3.05, 3.63) is 111 Å². The number of benzene rings is 3. The molecule has 0 unspecified atom stereocenters. The molecule has 1 aliphatic heterocycles. The van der Waals surface area contributed by atoms with E-state index in [4.69, 9.17) is 21.1 Å². The van der Waals surface area contributed by atoms with Crippen LogP contribution in [0.2, 0.25) is 0 Å². The summed E-state index contributed by atoms with van der Waals surface area (Å²) >= 11 is -4.87. The van der Waals surface area contributed by atoms with Gasteiger partial charge in [-0.2, -0.15) is 0 Å². The molecule has 138 valence electrons. The molecule has 0 saturated carbocycles. The Labute approximate surface area is 156 Å². The van der Waals surface area contributed by atoms with Gasteiger partial charge >= 0.3 is 136 Å². The quantitative estimate of drug-likeness (QED) is 0.272. The second-order valence-electron chi connectivity index (χ2n) is 5.57. The zero-order chi connectivity index (χ0) is 19.4. The minimum absolute atomic E-state index is 0.250. The zero-order valence-corrected chi connectivity index (χ0v) is 17.4. The Morgan fingerprint density at radius 1 is 0.667 bits per heavy atom. The summed E-state index contributed by atoms with van der Waals surface area (Å²) in [6.07, 6.45) is 0. The van der Waals surface area contributed by atoms with Crippen molar-refractivity contribution in [2.45, 2.75) is 0 Å². The van der Waals surface area contributed by atoms with E-state index in [1.807, 2.05) is 91.0 Å². The molecule has 0 aliphatic carbocycles. The summed E-state index contributed by atoms with van der Waals surface area (Å²) in [6.45, 7) is 0. The van der Waals surface area contributed by atoms with Gasteiger partial charge in [0, 0.05) is 0 Å². The van der Waals surface area contributed by atoms with Crippen LogP contribution in [0, 0.1) is 20.2 Å². The van der Waals surface area contributed by atoms with Crippen LogP contribution in [0.5, 0.6) is 0 Å². The average Bonchev–Trinajstić information content (AvgIpc) is 2.67. The van der Waals surface area contributed by atoms with E-state index in [0.717, 1.165) is 9.81 Å². The molecule has 0 aromatic heterocycles. The van der Waals surface area contributed by atoms with E-state index < -0.39 is 24.7 Å². The fraction of sp³-hybridized carbons (Fsp3) is 0. The molecule has 0 bridgehead atoms. The van der Waals surface area contributed by atoms with Crippen LogP contribution in [0.1, 0.15) is 0 Å². The number of rotatable bonds is 3. The Kier molecular flexibility index (Phi) is 5.05. The van der Waals surface area contributed by atoms with E-state index in [1.54, 1.807) is 0 Å². The molecule has 0 N–H and O–H groups in total. The topological polar surface area (TPSA) is 105 Å². The van der Waals surface area contributed by atoms with Gasteiger partial charge in [-0.05, 0) is 0 Å². The van der Waals surface area contributed by atoms with Gasteiger partial charge in [-0.3, -0.25) is 0 Å². The summed E-state index contributed by atoms with van der Waals surface area (Å²) in [5, 5.41) is 15.0. The van der Waals surface area contributed by atoms with Gasteiger partial charge in [0.15, 0.2) is 0 Å². The Morgan fingerprint density at radius 2 is 0.926 bits per heavy atom. The number of nitrogens with zero attached hydrogens (tertiary/aromatic N) is 2. The minimum atomic E-state index is -4.87. The second kappa shape index (κ2) is 7.28. The molecular formula is C18H15BiN2O6. The van der Waals surface area contributed by atoms with Crippen LogP contribution in [-0.2, 0) is 5.83 Å². The first kappa shape index (κ1) is 18.7. The Hall–Kier alpha value is -3.06. The monoisotopic (exact) mass is 564 g/mol. The maximum absolute atomic E-state index is 11.8. The van der Waals surface area contributed by atoms with Gasteiger partial charge < -0.3 is 15.3 Å². The molecular weight excluding hydrogens is 549 g/mol. The second-order valence-corrected chi connectivity index (χ2v) is 20.3. The molecule has 1 fully saturated rings. The van der Waals surface area contributed by atoms with Gasteiger partial charge in [-0.25, -0.2) is 0 Å². The van der Waals surface area contributed by atoms with Crippen molar-refractivity contribution in [3.8, 4) is 0 Å². The summed E-state index contributed by atoms with van der Waals surface area (Å²) in [7, 11) is 0. The van der Waals surface area contributed by atoms with Crippen LogP contribution < -0.4 is 9.81 Å². The van der Waals surface area contributed by atoms with Crippen LogP contribution >= 0.6 is 0 Å². The molecule has 1 heterocycles. The van der Waals surface area contributed by atoms with Gasteiger partial charge in [-0.15, -0.1) is 0 Å².